The van der Waals surface area contributed by atoms with E-state index in [0.717, 1.165) is 16.7 Å². The normalized spacial score (nSPS) is 36.7. The van der Waals surface area contributed by atoms with Gasteiger partial charge in [-0.15, -0.1) is 5.73 Å². The summed E-state index contributed by atoms with van der Waals surface area (Å²) in [5.74, 6) is 0.105. The molecule has 4 rings (SSSR count). The van der Waals surface area contributed by atoms with Gasteiger partial charge in [0.05, 0.1) is 23.4 Å². The molecule has 0 aromatic rings. The lowest BCUT2D eigenvalue weighted by atomic mass is 9.63. The van der Waals surface area contributed by atoms with Gasteiger partial charge >= 0.3 is 5.97 Å². The molecule has 6 nitrogen and oxygen atoms in total. The number of carbonyl (C=O) groups excluding carboxylic acids is 1. The monoisotopic (exact) mass is 588 g/mol. The zero-order valence-corrected chi connectivity index (χ0v) is 26.9. The smallest absolute Gasteiger partial charge is 0.343 e. The maximum atomic E-state index is 12.5. The molecule has 0 amide bonds. The van der Waals surface area contributed by atoms with Crippen LogP contribution in [0.2, 0.25) is 0 Å². The molecule has 1 saturated heterocycles. The minimum Gasteiger partial charge on any atom is -0.423 e. The molecule has 0 spiro atoms. The first-order chi connectivity index (χ1) is 19.9. The molecule has 2 saturated carbocycles. The Balaban J connectivity index is 1.36. The van der Waals surface area contributed by atoms with E-state index in [1.54, 1.807) is 19.1 Å². The Labute approximate surface area is 256 Å². The lowest BCUT2D eigenvalue weighted by molar-refractivity contribution is -0.132. The fourth-order valence-corrected chi connectivity index (χ4v) is 7.33. The van der Waals surface area contributed by atoms with E-state index >= 15 is 0 Å². The van der Waals surface area contributed by atoms with Crippen LogP contribution >= 0.6 is 0 Å². The molecular weight excluding hydrogens is 540 g/mol. The molecule has 2 heterocycles. The third-order valence-corrected chi connectivity index (χ3v) is 9.21. The highest BCUT2D eigenvalue weighted by atomic mass is 16.6. The molecule has 3 fully saturated rings. The number of fused-ring (bicyclic) bond motifs is 1. The van der Waals surface area contributed by atoms with Crippen LogP contribution in [0.1, 0.15) is 81.1 Å². The first kappa shape index (κ1) is 32.9. The predicted octanol–water partition coefficient (Wildman–Crippen LogP) is 6.64. The predicted molar refractivity (Wildman–Crippen MR) is 170 cm³/mol. The van der Waals surface area contributed by atoms with Crippen molar-refractivity contribution >= 4 is 5.97 Å². The average molecular weight is 589 g/mol. The third-order valence-electron chi connectivity index (χ3n) is 9.21. The van der Waals surface area contributed by atoms with Crippen LogP contribution in [0, 0.1) is 10.8 Å². The summed E-state index contributed by atoms with van der Waals surface area (Å²) in [5, 5.41) is 31.2. The molecule has 2 aliphatic carbocycles. The van der Waals surface area contributed by atoms with Crippen LogP contribution in [-0.2, 0) is 14.3 Å². The van der Waals surface area contributed by atoms with Crippen LogP contribution < -0.4 is 0 Å². The van der Waals surface area contributed by atoms with Crippen LogP contribution in [0.15, 0.2) is 101 Å². The summed E-state index contributed by atoms with van der Waals surface area (Å²) in [6.07, 6.45) is 22.1. The first-order valence-corrected chi connectivity index (χ1v) is 15.2. The summed E-state index contributed by atoms with van der Waals surface area (Å²) in [6, 6.07) is 0. The molecule has 232 valence electrons. The standard InChI is InChI=1S/C37H48O6/c1-25(15-16-31-33(3,4)21-28(38)23-35(31,7)41)13-11-9-10-12-14-26(2)19-30-20-27(32(40)42-30)17-18-37-34(5,6)22-29(39)24-36(37,8)43-37/h9-15,17-20,28-29,38-39,41H,21-24H2,1-8H3/b11-9+,12-10+,18-17?,25-13?,26-14+,30-19-. The van der Waals surface area contributed by atoms with Crippen LogP contribution in [0.3, 0.4) is 0 Å². The highest BCUT2D eigenvalue weighted by Gasteiger charge is 2.74. The fourth-order valence-electron chi connectivity index (χ4n) is 7.33. The summed E-state index contributed by atoms with van der Waals surface area (Å²) in [6.45, 7) is 15.9. The highest BCUT2D eigenvalue weighted by Crippen LogP contribution is 2.66. The number of esters is 1. The Morgan fingerprint density at radius 1 is 0.907 bits per heavy atom. The van der Waals surface area contributed by atoms with Gasteiger partial charge in [0.25, 0.3) is 0 Å². The van der Waals surface area contributed by atoms with Crippen molar-refractivity contribution in [3.8, 4) is 0 Å². The largest absolute Gasteiger partial charge is 0.423 e. The molecule has 3 N–H and O–H groups in total. The van der Waals surface area contributed by atoms with Gasteiger partial charge in [0.15, 0.2) is 0 Å². The number of hydrogen-bond acceptors (Lipinski definition) is 6. The van der Waals surface area contributed by atoms with E-state index in [9.17, 15) is 20.1 Å². The lowest BCUT2D eigenvalue weighted by Crippen LogP contribution is -2.46. The van der Waals surface area contributed by atoms with Crippen LogP contribution in [-0.4, -0.2) is 50.3 Å². The molecule has 5 unspecified atom stereocenters. The number of epoxide rings is 1. The number of aliphatic hydroxyl groups excluding tert-OH is 2. The van der Waals surface area contributed by atoms with Crippen molar-refractivity contribution in [1.29, 1.82) is 0 Å². The fraction of sp³-hybridized carbons (Fsp3) is 0.514. The lowest BCUT2D eigenvalue weighted by Gasteiger charge is -2.43. The van der Waals surface area contributed by atoms with E-state index in [4.69, 9.17) is 9.47 Å². The highest BCUT2D eigenvalue weighted by molar-refractivity contribution is 5.95. The molecule has 0 bridgehead atoms. The molecule has 43 heavy (non-hydrogen) atoms. The Hall–Kier alpha value is -2.99. The van der Waals surface area contributed by atoms with E-state index in [2.05, 4.69) is 19.6 Å². The minimum atomic E-state index is -1.08. The average Bonchev–Trinajstić information content (AvgIpc) is 3.32. The van der Waals surface area contributed by atoms with Crippen molar-refractivity contribution in [1.82, 2.24) is 0 Å². The third kappa shape index (κ3) is 7.06. The maximum absolute atomic E-state index is 12.5. The molecule has 4 aliphatic rings. The molecule has 2 aliphatic heterocycles. The second kappa shape index (κ2) is 11.8. The molecule has 6 heteroatoms. The summed E-state index contributed by atoms with van der Waals surface area (Å²) < 4.78 is 11.6. The zero-order chi connectivity index (χ0) is 31.8. The van der Waals surface area contributed by atoms with Gasteiger partial charge in [-0.2, -0.15) is 0 Å². The summed E-state index contributed by atoms with van der Waals surface area (Å²) >= 11 is 0. The van der Waals surface area contributed by atoms with E-state index in [1.807, 2.05) is 89.3 Å². The number of aliphatic hydroxyl groups is 3. The van der Waals surface area contributed by atoms with Crippen molar-refractivity contribution < 1.29 is 29.6 Å². The van der Waals surface area contributed by atoms with Gasteiger partial charge < -0.3 is 24.8 Å². The second-order valence-electron chi connectivity index (χ2n) is 14.4. The number of rotatable bonds is 7. The Morgan fingerprint density at radius 2 is 1.53 bits per heavy atom. The zero-order valence-electron chi connectivity index (χ0n) is 26.9. The van der Waals surface area contributed by atoms with E-state index in [0.29, 0.717) is 37.0 Å². The summed E-state index contributed by atoms with van der Waals surface area (Å²) in [5.41, 5.74) is 3.94. The number of cyclic esters (lactones) is 1. The van der Waals surface area contributed by atoms with Gasteiger partial charge in [-0.05, 0) is 87.5 Å². The molecule has 0 radical (unpaired) electrons. The topological polar surface area (TPSA) is 99.5 Å². The van der Waals surface area contributed by atoms with Crippen LogP contribution in [0.4, 0.5) is 0 Å². The summed E-state index contributed by atoms with van der Waals surface area (Å²) in [7, 11) is 0. The first-order valence-electron chi connectivity index (χ1n) is 15.2. The SMILES string of the molecule is CC(C=C=C1C(C)(C)CC(O)CC1(C)O)=C/C=C/C=C/C=C(C)/C=C1/C=C(C=CC23OC2(C)CC(O)CC3(C)C)C(=O)O1. The van der Waals surface area contributed by atoms with Crippen molar-refractivity contribution in [2.24, 2.45) is 10.8 Å². The van der Waals surface area contributed by atoms with Crippen molar-refractivity contribution in [2.45, 2.75) is 110 Å². The maximum Gasteiger partial charge on any atom is 0.343 e. The van der Waals surface area contributed by atoms with Crippen LogP contribution in [0.5, 0.6) is 0 Å². The minimum absolute atomic E-state index is 0.250. The Morgan fingerprint density at radius 3 is 2.16 bits per heavy atom. The molecular formula is C37H48O6. The van der Waals surface area contributed by atoms with Crippen LogP contribution in [0.25, 0.3) is 0 Å². The van der Waals surface area contributed by atoms with E-state index in [-0.39, 0.29) is 22.9 Å². The molecule has 5 atom stereocenters. The van der Waals surface area contributed by atoms with Gasteiger partial charge in [0, 0.05) is 23.8 Å². The van der Waals surface area contributed by atoms with Crippen molar-refractivity contribution in [3.63, 3.8) is 0 Å². The second-order valence-corrected chi connectivity index (χ2v) is 14.4. The van der Waals surface area contributed by atoms with Gasteiger partial charge in [-0.1, -0.05) is 64.2 Å². The number of ether oxygens (including phenoxy) is 2. The number of allylic oxidation sites excluding steroid dienone is 10. The Kier molecular flexibility index (Phi) is 9.06. The summed E-state index contributed by atoms with van der Waals surface area (Å²) in [4.78, 5) is 12.5. The van der Waals surface area contributed by atoms with Gasteiger partial charge in [0.2, 0.25) is 0 Å². The van der Waals surface area contributed by atoms with E-state index < -0.39 is 22.9 Å². The van der Waals surface area contributed by atoms with Crippen molar-refractivity contribution in [3.05, 3.63) is 101 Å². The molecule has 0 aromatic heterocycles. The van der Waals surface area contributed by atoms with Gasteiger partial charge in [0.1, 0.15) is 17.0 Å². The van der Waals surface area contributed by atoms with E-state index in [1.165, 1.54) is 0 Å². The van der Waals surface area contributed by atoms with Gasteiger partial charge in [-0.3, -0.25) is 0 Å². The quantitative estimate of drug-likeness (QED) is 0.134. The number of hydrogen-bond donors (Lipinski definition) is 3. The van der Waals surface area contributed by atoms with Crippen molar-refractivity contribution in [2.75, 3.05) is 0 Å². The molecule has 0 aromatic carbocycles. The van der Waals surface area contributed by atoms with Gasteiger partial charge in [-0.25, -0.2) is 4.79 Å². The number of carbonyl (C=O) groups is 1. The Bertz CT molecular complexity index is 1400.